The second kappa shape index (κ2) is 10.4. The molecular formula is C26H27N5O3. The summed E-state index contributed by atoms with van der Waals surface area (Å²) < 4.78 is 6.03. The number of amides is 1. The van der Waals surface area contributed by atoms with Crippen LogP contribution in [0, 0.1) is 6.92 Å². The molecule has 0 aliphatic rings. The van der Waals surface area contributed by atoms with Crippen LogP contribution in [0.5, 0.6) is 0 Å². The zero-order valence-electron chi connectivity index (χ0n) is 19.5. The van der Waals surface area contributed by atoms with Crippen LogP contribution in [0.15, 0.2) is 59.1 Å². The number of nitrogens with zero attached hydrogens (tertiary/aromatic N) is 5. The molecule has 2 aromatic carbocycles. The first-order valence-corrected chi connectivity index (χ1v) is 11.2. The second-order valence-electron chi connectivity index (χ2n) is 8.22. The van der Waals surface area contributed by atoms with E-state index in [9.17, 15) is 4.79 Å². The number of aryl methyl sites for hydroxylation is 2. The van der Waals surface area contributed by atoms with Crippen molar-refractivity contribution in [1.82, 2.24) is 25.1 Å². The summed E-state index contributed by atoms with van der Waals surface area (Å²) in [5.41, 5.74) is 5.24. The Labute approximate surface area is 198 Å². The zero-order chi connectivity index (χ0) is 24.1. The maximum atomic E-state index is 12.2. The third kappa shape index (κ3) is 5.02. The molecule has 0 unspecified atom stereocenters. The monoisotopic (exact) mass is 457 g/mol. The molecule has 0 bridgehead atoms. The Kier molecular flexibility index (Phi) is 7.08. The number of rotatable bonds is 8. The van der Waals surface area contributed by atoms with Gasteiger partial charge in [0.1, 0.15) is 5.69 Å². The number of unbranched alkanes of at least 4 members (excludes halogenated alkanes) is 1. The summed E-state index contributed by atoms with van der Waals surface area (Å²) in [7, 11) is 3.44. The minimum absolute atomic E-state index is 0.0581. The van der Waals surface area contributed by atoms with Gasteiger partial charge in [-0.1, -0.05) is 30.3 Å². The van der Waals surface area contributed by atoms with E-state index in [1.54, 1.807) is 32.4 Å². The summed E-state index contributed by atoms with van der Waals surface area (Å²) >= 11 is 0. The van der Waals surface area contributed by atoms with Crippen molar-refractivity contribution in [2.24, 2.45) is 0 Å². The van der Waals surface area contributed by atoms with Gasteiger partial charge in [0.2, 0.25) is 5.89 Å². The van der Waals surface area contributed by atoms with E-state index in [2.05, 4.69) is 15.2 Å². The molecule has 0 fully saturated rings. The summed E-state index contributed by atoms with van der Waals surface area (Å²) in [4.78, 5) is 22.9. The van der Waals surface area contributed by atoms with Crippen molar-refractivity contribution in [3.8, 4) is 34.3 Å². The lowest BCUT2D eigenvalue weighted by molar-refractivity contribution is 0.0827. The van der Waals surface area contributed by atoms with Crippen LogP contribution < -0.4 is 0 Å². The van der Waals surface area contributed by atoms with E-state index in [1.807, 2.05) is 43.3 Å². The molecule has 0 radical (unpaired) electrons. The molecule has 0 saturated heterocycles. The average molecular weight is 458 g/mol. The predicted molar refractivity (Wildman–Crippen MR) is 129 cm³/mol. The summed E-state index contributed by atoms with van der Waals surface area (Å²) in [6.07, 6.45) is 4.12. The minimum atomic E-state index is -0.0581. The second-order valence-corrected chi connectivity index (χ2v) is 8.22. The highest BCUT2D eigenvalue weighted by molar-refractivity contribution is 5.94. The summed E-state index contributed by atoms with van der Waals surface area (Å²) in [5, 5.41) is 17.6. The number of hydrogen-bond acceptors (Lipinski definition) is 7. The molecule has 4 rings (SSSR count). The molecule has 1 amide bonds. The number of carbonyl (C=O) groups is 1. The maximum Gasteiger partial charge on any atom is 0.268 e. The van der Waals surface area contributed by atoms with Gasteiger partial charge in [-0.15, -0.1) is 10.2 Å². The fraction of sp³-hybridized carbons (Fsp3) is 0.269. The van der Waals surface area contributed by atoms with Gasteiger partial charge < -0.3 is 14.4 Å². The van der Waals surface area contributed by atoms with Gasteiger partial charge in [0, 0.05) is 37.4 Å². The molecule has 0 aliphatic carbocycles. The van der Waals surface area contributed by atoms with Crippen molar-refractivity contribution in [3.05, 3.63) is 71.5 Å². The first-order valence-electron chi connectivity index (χ1n) is 11.2. The summed E-state index contributed by atoms with van der Waals surface area (Å²) in [5.74, 6) is 0.663. The number of aliphatic hydroxyl groups excluding tert-OH is 1. The number of benzene rings is 2. The summed E-state index contributed by atoms with van der Waals surface area (Å²) in [6, 6.07) is 15.2. The van der Waals surface area contributed by atoms with Crippen LogP contribution in [0.1, 0.15) is 34.5 Å². The molecular weight excluding hydrogens is 430 g/mol. The molecule has 0 aliphatic heterocycles. The highest BCUT2D eigenvalue weighted by Gasteiger charge is 2.18. The quantitative estimate of drug-likeness (QED) is 0.396. The molecule has 2 heterocycles. The first kappa shape index (κ1) is 23.3. The van der Waals surface area contributed by atoms with E-state index in [-0.39, 0.29) is 12.5 Å². The van der Waals surface area contributed by atoms with Crippen LogP contribution in [0.25, 0.3) is 34.3 Å². The van der Waals surface area contributed by atoms with E-state index in [4.69, 9.17) is 14.5 Å². The molecule has 1 N–H and O–H groups in total. The molecule has 8 nitrogen and oxygen atoms in total. The van der Waals surface area contributed by atoms with E-state index in [0.717, 1.165) is 36.0 Å². The third-order valence-electron chi connectivity index (χ3n) is 5.52. The normalized spacial score (nSPS) is 10.9. The Bertz CT molecular complexity index is 1280. The third-order valence-corrected chi connectivity index (χ3v) is 5.52. The highest BCUT2D eigenvalue weighted by Crippen LogP contribution is 2.29. The molecule has 2 aromatic heterocycles. The Hall–Kier alpha value is -3.91. The van der Waals surface area contributed by atoms with E-state index < -0.39 is 0 Å². The van der Waals surface area contributed by atoms with Crippen LogP contribution in [0.2, 0.25) is 0 Å². The van der Waals surface area contributed by atoms with Gasteiger partial charge in [-0.3, -0.25) is 9.78 Å². The van der Waals surface area contributed by atoms with Gasteiger partial charge in [0.05, 0.1) is 17.6 Å². The maximum absolute atomic E-state index is 12.2. The van der Waals surface area contributed by atoms with Crippen molar-refractivity contribution >= 4 is 5.91 Å². The van der Waals surface area contributed by atoms with E-state index in [1.165, 1.54) is 4.90 Å². The van der Waals surface area contributed by atoms with Crippen LogP contribution in [0.4, 0.5) is 0 Å². The molecule has 8 heteroatoms. The lowest BCUT2D eigenvalue weighted by Gasteiger charge is -2.10. The van der Waals surface area contributed by atoms with Crippen LogP contribution in [-0.4, -0.2) is 56.8 Å². The van der Waals surface area contributed by atoms with E-state index >= 15 is 0 Å². The average Bonchev–Trinajstić information content (AvgIpc) is 3.34. The van der Waals surface area contributed by atoms with Crippen LogP contribution >= 0.6 is 0 Å². The van der Waals surface area contributed by atoms with Crippen molar-refractivity contribution < 1.29 is 14.3 Å². The molecule has 0 atom stereocenters. The van der Waals surface area contributed by atoms with Crippen LogP contribution in [0.3, 0.4) is 0 Å². The highest BCUT2D eigenvalue weighted by atomic mass is 16.4. The van der Waals surface area contributed by atoms with Gasteiger partial charge >= 0.3 is 0 Å². The largest absolute Gasteiger partial charge is 0.415 e. The summed E-state index contributed by atoms with van der Waals surface area (Å²) in [6.45, 7) is 2.02. The van der Waals surface area contributed by atoms with Crippen molar-refractivity contribution in [1.29, 1.82) is 0 Å². The topological polar surface area (TPSA) is 105 Å². The Morgan fingerprint density at radius 1 is 1.00 bits per heavy atom. The zero-order valence-corrected chi connectivity index (χ0v) is 19.5. The lowest BCUT2D eigenvalue weighted by Crippen LogP contribution is -2.21. The van der Waals surface area contributed by atoms with Gasteiger partial charge in [0.15, 0.2) is 0 Å². The van der Waals surface area contributed by atoms with Crippen LogP contribution in [-0.2, 0) is 6.42 Å². The standard InChI is InChI=1S/C26H27N5O3/c1-17-23(28-22(16-27-17)19-11-13-20(14-12-19)26(33)31(2)3)25-30-29-24(34-25)21-10-5-4-8-18(21)9-6-7-15-32/h4-5,8,10-14,16,32H,6-7,9,15H2,1-3H3. The number of aliphatic hydroxyl groups is 1. The van der Waals surface area contributed by atoms with Gasteiger partial charge in [-0.2, -0.15) is 0 Å². The number of aromatic nitrogens is 4. The Morgan fingerprint density at radius 3 is 2.47 bits per heavy atom. The molecule has 0 spiro atoms. The number of hydrogen-bond donors (Lipinski definition) is 1. The van der Waals surface area contributed by atoms with E-state index in [0.29, 0.717) is 34.4 Å². The Balaban J connectivity index is 1.63. The van der Waals surface area contributed by atoms with Crippen molar-refractivity contribution in [2.75, 3.05) is 20.7 Å². The van der Waals surface area contributed by atoms with Gasteiger partial charge in [-0.05, 0) is 49.9 Å². The molecule has 4 aromatic rings. The van der Waals surface area contributed by atoms with Crippen molar-refractivity contribution in [2.45, 2.75) is 26.2 Å². The minimum Gasteiger partial charge on any atom is -0.415 e. The first-order chi connectivity index (χ1) is 16.5. The molecule has 174 valence electrons. The predicted octanol–water partition coefficient (Wildman–Crippen LogP) is 4.19. The fourth-order valence-electron chi connectivity index (χ4n) is 3.63. The number of carbonyl (C=O) groups excluding carboxylic acids is 1. The van der Waals surface area contributed by atoms with Gasteiger partial charge in [0.25, 0.3) is 11.8 Å². The molecule has 34 heavy (non-hydrogen) atoms. The van der Waals surface area contributed by atoms with Gasteiger partial charge in [-0.25, -0.2) is 4.98 Å². The fourth-order valence-corrected chi connectivity index (χ4v) is 3.63. The SMILES string of the molecule is Cc1ncc(-c2ccc(C(=O)N(C)C)cc2)nc1-c1nnc(-c2ccccc2CCCCO)o1. The smallest absolute Gasteiger partial charge is 0.268 e. The lowest BCUT2D eigenvalue weighted by atomic mass is 10.0. The van der Waals surface area contributed by atoms with Crippen molar-refractivity contribution in [3.63, 3.8) is 0 Å². The Morgan fingerprint density at radius 2 is 1.74 bits per heavy atom. The molecule has 0 saturated carbocycles.